The van der Waals surface area contributed by atoms with Crippen LogP contribution in [-0.2, 0) is 4.79 Å². The molecule has 0 spiro atoms. The van der Waals surface area contributed by atoms with Gasteiger partial charge in [0.15, 0.2) is 0 Å². The third kappa shape index (κ3) is 1.62. The van der Waals surface area contributed by atoms with Crippen LogP contribution in [0.5, 0.6) is 0 Å². The van der Waals surface area contributed by atoms with E-state index in [1.54, 1.807) is 18.2 Å². The number of carbonyl (C=O) groups is 1. The average Bonchev–Trinajstić information content (AvgIpc) is 2.78. The summed E-state index contributed by atoms with van der Waals surface area (Å²) in [7, 11) is 0. The van der Waals surface area contributed by atoms with Crippen LogP contribution in [0, 0.1) is 0 Å². The van der Waals surface area contributed by atoms with E-state index in [0.29, 0.717) is 23.3 Å². The van der Waals surface area contributed by atoms with E-state index in [9.17, 15) is 14.7 Å². The first-order valence-corrected chi connectivity index (χ1v) is 5.34. The van der Waals surface area contributed by atoms with Gasteiger partial charge in [0, 0.05) is 5.69 Å². The zero-order valence-corrected chi connectivity index (χ0v) is 8.93. The molecule has 0 saturated carbocycles. The second-order valence-corrected chi connectivity index (χ2v) is 4.17. The highest BCUT2D eigenvalue weighted by molar-refractivity contribution is 5.97. The number of nitrogens with zero attached hydrogens (tertiary/aromatic N) is 1. The fourth-order valence-corrected chi connectivity index (χ4v) is 2.13. The number of imidazole rings is 1. The summed E-state index contributed by atoms with van der Waals surface area (Å²) in [5.74, 6) is -0.102. The van der Waals surface area contributed by atoms with Crippen molar-refractivity contribution in [2.45, 2.75) is 12.5 Å². The molecule has 1 fully saturated rings. The van der Waals surface area contributed by atoms with Gasteiger partial charge in [0.1, 0.15) is 0 Å². The van der Waals surface area contributed by atoms with Crippen LogP contribution in [0.3, 0.4) is 0 Å². The molecule has 1 aliphatic rings. The largest absolute Gasteiger partial charge is 0.391 e. The summed E-state index contributed by atoms with van der Waals surface area (Å²) >= 11 is 0. The number of benzene rings is 1. The van der Waals surface area contributed by atoms with Gasteiger partial charge in [-0.2, -0.15) is 0 Å². The minimum Gasteiger partial charge on any atom is -0.391 e. The quantitative estimate of drug-likeness (QED) is 0.645. The Kier molecular flexibility index (Phi) is 2.05. The summed E-state index contributed by atoms with van der Waals surface area (Å²) in [5.41, 5.74) is 1.77. The van der Waals surface area contributed by atoms with Gasteiger partial charge in [0.2, 0.25) is 5.91 Å². The molecule has 0 bridgehead atoms. The Bertz CT molecular complexity index is 643. The summed E-state index contributed by atoms with van der Waals surface area (Å²) in [4.78, 5) is 29.5. The predicted octanol–water partition coefficient (Wildman–Crippen LogP) is -0.0462. The van der Waals surface area contributed by atoms with E-state index in [0.717, 1.165) is 0 Å². The average molecular weight is 233 g/mol. The number of aliphatic hydroxyl groups excluding tert-OH is 1. The van der Waals surface area contributed by atoms with Crippen LogP contribution in [-0.4, -0.2) is 33.6 Å². The molecule has 3 rings (SSSR count). The highest BCUT2D eigenvalue weighted by atomic mass is 16.3. The Hall–Kier alpha value is -2.08. The molecule has 1 saturated heterocycles. The number of H-pyrrole nitrogens is 2. The van der Waals surface area contributed by atoms with Gasteiger partial charge in [0.25, 0.3) is 0 Å². The summed E-state index contributed by atoms with van der Waals surface area (Å²) in [5, 5.41) is 9.42. The van der Waals surface area contributed by atoms with E-state index in [-0.39, 0.29) is 18.0 Å². The van der Waals surface area contributed by atoms with Crippen molar-refractivity contribution in [1.82, 2.24) is 9.97 Å². The number of amides is 1. The van der Waals surface area contributed by atoms with Gasteiger partial charge in [-0.05, 0) is 18.2 Å². The lowest BCUT2D eigenvalue weighted by molar-refractivity contribution is -0.117. The minimum absolute atomic E-state index is 0.102. The predicted molar refractivity (Wildman–Crippen MR) is 61.9 cm³/mol. The Morgan fingerprint density at radius 3 is 2.71 bits per heavy atom. The van der Waals surface area contributed by atoms with Gasteiger partial charge in [-0.3, -0.25) is 4.79 Å². The minimum atomic E-state index is -0.608. The molecule has 17 heavy (non-hydrogen) atoms. The van der Waals surface area contributed by atoms with Crippen LogP contribution in [0.4, 0.5) is 5.69 Å². The Morgan fingerprint density at radius 1 is 1.24 bits per heavy atom. The highest BCUT2D eigenvalue weighted by Crippen LogP contribution is 2.23. The Morgan fingerprint density at radius 2 is 2.00 bits per heavy atom. The molecule has 1 aromatic carbocycles. The van der Waals surface area contributed by atoms with Crippen LogP contribution in [0.1, 0.15) is 6.42 Å². The van der Waals surface area contributed by atoms with Crippen molar-refractivity contribution in [2.75, 3.05) is 11.4 Å². The van der Waals surface area contributed by atoms with Gasteiger partial charge in [-0.1, -0.05) is 0 Å². The molecular formula is C11H11N3O3. The second kappa shape index (κ2) is 3.46. The van der Waals surface area contributed by atoms with E-state index < -0.39 is 6.10 Å². The number of rotatable bonds is 1. The topological polar surface area (TPSA) is 89.2 Å². The van der Waals surface area contributed by atoms with Crippen molar-refractivity contribution in [3.05, 3.63) is 28.7 Å². The van der Waals surface area contributed by atoms with Crippen LogP contribution < -0.4 is 10.6 Å². The molecule has 6 nitrogen and oxygen atoms in total. The third-order valence-electron chi connectivity index (χ3n) is 2.92. The van der Waals surface area contributed by atoms with Gasteiger partial charge < -0.3 is 20.0 Å². The fourth-order valence-electron chi connectivity index (χ4n) is 2.13. The zero-order chi connectivity index (χ0) is 12.0. The number of β-amino-alcohol motifs (C(OH)–C–C–N with tert-alkyl or cyclic N) is 1. The number of aromatic nitrogens is 2. The summed E-state index contributed by atoms with van der Waals surface area (Å²) in [6.45, 7) is 0.305. The molecule has 0 aliphatic carbocycles. The first kappa shape index (κ1) is 10.1. The van der Waals surface area contributed by atoms with Crippen molar-refractivity contribution < 1.29 is 9.90 Å². The molecule has 88 valence electrons. The van der Waals surface area contributed by atoms with Gasteiger partial charge in [-0.15, -0.1) is 0 Å². The van der Waals surface area contributed by atoms with Gasteiger partial charge in [0.05, 0.1) is 30.1 Å². The Balaban J connectivity index is 2.06. The molecule has 6 heteroatoms. The number of hydrogen-bond donors (Lipinski definition) is 3. The third-order valence-corrected chi connectivity index (χ3v) is 2.92. The maximum atomic E-state index is 11.6. The lowest BCUT2D eigenvalue weighted by Gasteiger charge is -2.15. The smallest absolute Gasteiger partial charge is 0.323 e. The number of hydrogen-bond acceptors (Lipinski definition) is 3. The summed E-state index contributed by atoms with van der Waals surface area (Å²) < 4.78 is 0. The van der Waals surface area contributed by atoms with E-state index in [1.807, 2.05) is 0 Å². The van der Waals surface area contributed by atoms with Crippen LogP contribution in [0.2, 0.25) is 0 Å². The molecule has 1 atom stereocenters. The molecule has 2 aromatic rings. The van der Waals surface area contributed by atoms with Crippen molar-refractivity contribution >= 4 is 22.6 Å². The van der Waals surface area contributed by atoms with Crippen LogP contribution >= 0.6 is 0 Å². The first-order chi connectivity index (χ1) is 8.13. The van der Waals surface area contributed by atoms with Gasteiger partial charge in [-0.25, -0.2) is 4.79 Å². The number of nitrogens with one attached hydrogen (secondary N) is 2. The van der Waals surface area contributed by atoms with E-state index in [2.05, 4.69) is 9.97 Å². The molecule has 1 aromatic heterocycles. The zero-order valence-electron chi connectivity index (χ0n) is 8.93. The molecule has 1 aliphatic heterocycles. The number of fused-ring (bicyclic) bond motifs is 1. The van der Waals surface area contributed by atoms with Crippen molar-refractivity contribution in [3.63, 3.8) is 0 Å². The molecule has 3 N–H and O–H groups in total. The van der Waals surface area contributed by atoms with E-state index in [4.69, 9.17) is 0 Å². The normalized spacial score (nSPS) is 20.4. The summed E-state index contributed by atoms with van der Waals surface area (Å²) in [6, 6.07) is 5.21. The Labute approximate surface area is 95.9 Å². The lowest BCUT2D eigenvalue weighted by atomic mass is 10.2. The number of aromatic amines is 2. The first-order valence-electron chi connectivity index (χ1n) is 5.34. The fraction of sp³-hybridized carbons (Fsp3) is 0.273. The second-order valence-electron chi connectivity index (χ2n) is 4.17. The van der Waals surface area contributed by atoms with Crippen LogP contribution in [0.15, 0.2) is 23.0 Å². The molecular weight excluding hydrogens is 222 g/mol. The maximum absolute atomic E-state index is 11.6. The molecule has 1 unspecified atom stereocenters. The lowest BCUT2D eigenvalue weighted by Crippen LogP contribution is -2.25. The van der Waals surface area contributed by atoms with E-state index >= 15 is 0 Å². The van der Waals surface area contributed by atoms with E-state index in [1.165, 1.54) is 4.90 Å². The van der Waals surface area contributed by atoms with Crippen molar-refractivity contribution in [3.8, 4) is 0 Å². The number of carbonyl (C=O) groups excluding carboxylic acids is 1. The SMILES string of the molecule is O=C1CC(O)CN1c1ccc2[nH]c(=O)[nH]c2c1. The maximum Gasteiger partial charge on any atom is 0.323 e. The van der Waals surface area contributed by atoms with Crippen LogP contribution in [0.25, 0.3) is 11.0 Å². The summed E-state index contributed by atoms with van der Waals surface area (Å²) in [6.07, 6.45) is -0.453. The van der Waals surface area contributed by atoms with Crippen molar-refractivity contribution in [2.24, 2.45) is 0 Å². The molecule has 0 radical (unpaired) electrons. The monoisotopic (exact) mass is 233 g/mol. The standard InChI is InChI=1S/C11H11N3O3/c15-7-4-10(16)14(5-7)6-1-2-8-9(3-6)13-11(17)12-8/h1-3,7,15H,4-5H2,(H2,12,13,17). The number of anilines is 1. The molecule has 2 heterocycles. The molecule has 1 amide bonds. The number of aliphatic hydroxyl groups is 1. The highest BCUT2D eigenvalue weighted by Gasteiger charge is 2.29. The van der Waals surface area contributed by atoms with Gasteiger partial charge >= 0.3 is 5.69 Å². The van der Waals surface area contributed by atoms with Crippen molar-refractivity contribution in [1.29, 1.82) is 0 Å².